The molecule has 2 unspecified atom stereocenters. The molecule has 1 heterocycles. The van der Waals surface area contributed by atoms with Crippen LogP contribution in [0.4, 0.5) is 0 Å². The largest absolute Gasteiger partial charge is 0.311 e. The Morgan fingerprint density at radius 2 is 2.21 bits per heavy atom. The SMILES string of the molecule is CCC(C)C1CN(Cc2cc(Cl)ccc2Cl)CCN1. The van der Waals surface area contributed by atoms with Crippen molar-refractivity contribution < 1.29 is 0 Å². The zero-order valence-corrected chi connectivity index (χ0v) is 13.1. The summed E-state index contributed by atoms with van der Waals surface area (Å²) in [7, 11) is 0. The van der Waals surface area contributed by atoms with Crippen LogP contribution in [0.2, 0.25) is 10.0 Å². The molecule has 2 nitrogen and oxygen atoms in total. The van der Waals surface area contributed by atoms with E-state index in [0.717, 1.165) is 41.8 Å². The van der Waals surface area contributed by atoms with E-state index in [0.29, 0.717) is 12.0 Å². The van der Waals surface area contributed by atoms with Crippen LogP contribution in [-0.2, 0) is 6.54 Å². The second-order valence-corrected chi connectivity index (χ2v) is 6.26. The van der Waals surface area contributed by atoms with Gasteiger partial charge in [-0.25, -0.2) is 0 Å². The summed E-state index contributed by atoms with van der Waals surface area (Å²) in [6.07, 6.45) is 1.21. The van der Waals surface area contributed by atoms with E-state index in [-0.39, 0.29) is 0 Å². The van der Waals surface area contributed by atoms with Crippen LogP contribution >= 0.6 is 23.2 Å². The van der Waals surface area contributed by atoms with Gasteiger partial charge >= 0.3 is 0 Å². The third-order valence-electron chi connectivity index (χ3n) is 4.02. The van der Waals surface area contributed by atoms with Gasteiger partial charge in [0.15, 0.2) is 0 Å². The number of piperazine rings is 1. The molecule has 106 valence electrons. The summed E-state index contributed by atoms with van der Waals surface area (Å²) in [5.74, 6) is 0.706. The van der Waals surface area contributed by atoms with Crippen LogP contribution in [0, 0.1) is 5.92 Å². The van der Waals surface area contributed by atoms with E-state index in [4.69, 9.17) is 23.2 Å². The average molecular weight is 301 g/mol. The molecule has 0 bridgehead atoms. The van der Waals surface area contributed by atoms with E-state index in [2.05, 4.69) is 24.1 Å². The number of hydrogen-bond acceptors (Lipinski definition) is 2. The summed E-state index contributed by atoms with van der Waals surface area (Å²) < 4.78 is 0. The first kappa shape index (κ1) is 15.1. The normalized spacial score (nSPS) is 22.4. The summed E-state index contributed by atoms with van der Waals surface area (Å²) in [4.78, 5) is 2.46. The quantitative estimate of drug-likeness (QED) is 0.909. The lowest BCUT2D eigenvalue weighted by atomic mass is 9.97. The molecule has 0 spiro atoms. The molecule has 4 heteroatoms. The van der Waals surface area contributed by atoms with Crippen molar-refractivity contribution in [2.45, 2.75) is 32.9 Å². The molecule has 0 radical (unpaired) electrons. The third-order valence-corrected chi connectivity index (χ3v) is 4.63. The van der Waals surface area contributed by atoms with Gasteiger partial charge in [0, 0.05) is 42.3 Å². The van der Waals surface area contributed by atoms with Gasteiger partial charge < -0.3 is 5.32 Å². The molecule has 0 saturated carbocycles. The summed E-state index contributed by atoms with van der Waals surface area (Å²) in [5, 5.41) is 5.18. The number of benzene rings is 1. The molecular weight excluding hydrogens is 279 g/mol. The Hall–Kier alpha value is -0.280. The van der Waals surface area contributed by atoms with E-state index < -0.39 is 0 Å². The van der Waals surface area contributed by atoms with Crippen molar-refractivity contribution in [3.8, 4) is 0 Å². The average Bonchev–Trinajstić information content (AvgIpc) is 2.42. The summed E-state index contributed by atoms with van der Waals surface area (Å²) in [6, 6.07) is 6.28. The van der Waals surface area contributed by atoms with Gasteiger partial charge in [-0.3, -0.25) is 4.90 Å². The van der Waals surface area contributed by atoms with E-state index >= 15 is 0 Å². The fourth-order valence-corrected chi connectivity index (χ4v) is 2.93. The number of halogens is 2. The van der Waals surface area contributed by atoms with Crippen molar-refractivity contribution in [3.05, 3.63) is 33.8 Å². The highest BCUT2D eigenvalue weighted by atomic mass is 35.5. The predicted octanol–water partition coefficient (Wildman–Crippen LogP) is 3.81. The smallest absolute Gasteiger partial charge is 0.0452 e. The van der Waals surface area contributed by atoms with Gasteiger partial charge in [-0.15, -0.1) is 0 Å². The lowest BCUT2D eigenvalue weighted by Gasteiger charge is -2.36. The Bertz CT molecular complexity index is 423. The first-order valence-corrected chi connectivity index (χ1v) is 7.75. The first-order valence-electron chi connectivity index (χ1n) is 6.99. The van der Waals surface area contributed by atoms with Gasteiger partial charge in [-0.2, -0.15) is 0 Å². The van der Waals surface area contributed by atoms with E-state index in [1.807, 2.05) is 18.2 Å². The molecule has 1 aliphatic heterocycles. The van der Waals surface area contributed by atoms with Gasteiger partial charge in [0.05, 0.1) is 0 Å². The maximum absolute atomic E-state index is 6.24. The Labute approximate surface area is 126 Å². The summed E-state index contributed by atoms with van der Waals surface area (Å²) >= 11 is 12.3. The highest BCUT2D eigenvalue weighted by Gasteiger charge is 2.23. The molecule has 0 aliphatic carbocycles. The second kappa shape index (κ2) is 6.94. The minimum atomic E-state index is 0.580. The molecule has 2 atom stereocenters. The summed E-state index contributed by atoms with van der Waals surface area (Å²) in [5.41, 5.74) is 1.12. The lowest BCUT2D eigenvalue weighted by Crippen LogP contribution is -2.52. The molecule has 0 aromatic heterocycles. The van der Waals surface area contributed by atoms with Crippen LogP contribution in [0.1, 0.15) is 25.8 Å². The van der Waals surface area contributed by atoms with Crippen molar-refractivity contribution in [1.82, 2.24) is 10.2 Å². The number of rotatable bonds is 4. The number of hydrogen-bond donors (Lipinski definition) is 1. The van der Waals surface area contributed by atoms with Crippen LogP contribution in [-0.4, -0.2) is 30.6 Å². The lowest BCUT2D eigenvalue weighted by molar-refractivity contribution is 0.162. The molecule has 1 aliphatic rings. The van der Waals surface area contributed by atoms with E-state index in [1.54, 1.807) is 0 Å². The number of nitrogens with one attached hydrogen (secondary N) is 1. The van der Waals surface area contributed by atoms with Gasteiger partial charge in [0.25, 0.3) is 0 Å². The monoisotopic (exact) mass is 300 g/mol. The van der Waals surface area contributed by atoms with E-state index in [9.17, 15) is 0 Å². The van der Waals surface area contributed by atoms with Crippen molar-refractivity contribution in [3.63, 3.8) is 0 Å². The Balaban J connectivity index is 2.00. The fourth-order valence-electron chi connectivity index (χ4n) is 2.56. The van der Waals surface area contributed by atoms with Crippen molar-refractivity contribution >= 4 is 23.2 Å². The van der Waals surface area contributed by atoms with Crippen LogP contribution in [0.3, 0.4) is 0 Å². The standard InChI is InChI=1S/C15H22Cl2N2/c1-3-11(2)15-10-19(7-6-18-15)9-12-8-13(16)4-5-14(12)17/h4-5,8,11,15,18H,3,6-7,9-10H2,1-2H3. The predicted molar refractivity (Wildman–Crippen MR) is 83.0 cm³/mol. The zero-order valence-electron chi connectivity index (χ0n) is 11.6. The molecule has 1 N–H and O–H groups in total. The maximum Gasteiger partial charge on any atom is 0.0452 e. The van der Waals surface area contributed by atoms with Gasteiger partial charge in [0.1, 0.15) is 0 Å². The molecule has 0 amide bonds. The Kier molecular flexibility index (Phi) is 5.52. The van der Waals surface area contributed by atoms with Crippen LogP contribution in [0.5, 0.6) is 0 Å². The van der Waals surface area contributed by atoms with Crippen molar-refractivity contribution in [2.24, 2.45) is 5.92 Å². The summed E-state index contributed by atoms with van der Waals surface area (Å²) in [6.45, 7) is 8.64. The number of nitrogens with zero attached hydrogens (tertiary/aromatic N) is 1. The highest BCUT2D eigenvalue weighted by Crippen LogP contribution is 2.23. The molecule has 2 rings (SSSR count). The topological polar surface area (TPSA) is 15.3 Å². The zero-order chi connectivity index (χ0) is 13.8. The van der Waals surface area contributed by atoms with Gasteiger partial charge in [0.2, 0.25) is 0 Å². The van der Waals surface area contributed by atoms with Crippen molar-refractivity contribution in [2.75, 3.05) is 19.6 Å². The van der Waals surface area contributed by atoms with Crippen molar-refractivity contribution in [1.29, 1.82) is 0 Å². The minimum absolute atomic E-state index is 0.580. The Morgan fingerprint density at radius 3 is 2.95 bits per heavy atom. The van der Waals surface area contributed by atoms with Gasteiger partial charge in [-0.1, -0.05) is 43.5 Å². The van der Waals surface area contributed by atoms with Crippen LogP contribution in [0.25, 0.3) is 0 Å². The Morgan fingerprint density at radius 1 is 1.42 bits per heavy atom. The first-order chi connectivity index (χ1) is 9.10. The van der Waals surface area contributed by atoms with Crippen LogP contribution in [0.15, 0.2) is 18.2 Å². The second-order valence-electron chi connectivity index (χ2n) is 5.42. The molecule has 1 fully saturated rings. The maximum atomic E-state index is 6.24. The third kappa shape index (κ3) is 4.09. The molecule has 19 heavy (non-hydrogen) atoms. The highest BCUT2D eigenvalue weighted by molar-refractivity contribution is 6.33. The molecule has 1 saturated heterocycles. The molecule has 1 aromatic carbocycles. The molecular formula is C15H22Cl2N2. The molecule has 1 aromatic rings. The minimum Gasteiger partial charge on any atom is -0.311 e. The van der Waals surface area contributed by atoms with Gasteiger partial charge in [-0.05, 0) is 29.7 Å². The van der Waals surface area contributed by atoms with E-state index in [1.165, 1.54) is 6.42 Å². The fraction of sp³-hybridized carbons (Fsp3) is 0.600. The van der Waals surface area contributed by atoms with Crippen LogP contribution < -0.4 is 5.32 Å².